The van der Waals surface area contributed by atoms with Gasteiger partial charge in [0.1, 0.15) is 0 Å². The summed E-state index contributed by atoms with van der Waals surface area (Å²) in [5.74, 6) is 0. The molecule has 0 N–H and O–H groups in total. The predicted molar refractivity (Wildman–Crippen MR) is 284 cm³/mol. The van der Waals surface area contributed by atoms with Crippen LogP contribution in [-0.2, 0) is 10.8 Å². The quantitative estimate of drug-likeness (QED) is 0.160. The van der Waals surface area contributed by atoms with E-state index in [0.717, 1.165) is 22.7 Å². The van der Waals surface area contributed by atoms with Crippen LogP contribution in [-0.4, -0.2) is 6.71 Å². The topological polar surface area (TPSA) is 9.72 Å². The fourth-order valence-corrected chi connectivity index (χ4v) is 12.5. The predicted octanol–water partition coefficient (Wildman–Crippen LogP) is 15.2. The molecule has 0 amide bonds. The van der Waals surface area contributed by atoms with E-state index in [0.29, 0.717) is 0 Å². The molecule has 0 bridgehead atoms. The van der Waals surface area contributed by atoms with Crippen LogP contribution in [0, 0.1) is 0 Å². The zero-order chi connectivity index (χ0) is 44.5. The molecule has 316 valence electrons. The molecule has 0 unspecified atom stereocenters. The Kier molecular flexibility index (Phi) is 8.48. The van der Waals surface area contributed by atoms with Crippen molar-refractivity contribution in [3.05, 3.63) is 217 Å². The smallest absolute Gasteiger partial charge is 0.252 e. The van der Waals surface area contributed by atoms with E-state index < -0.39 is 0 Å². The second-order valence-corrected chi connectivity index (χ2v) is 20.8. The fraction of sp³-hybridized carbons (Fsp3) is 0.115. The second-order valence-electron chi connectivity index (χ2n) is 19.8. The normalized spacial score (nSPS) is 14.2. The Balaban J connectivity index is 1.08. The highest BCUT2D eigenvalue weighted by atomic mass is 32.1. The minimum absolute atomic E-state index is 0.00171. The van der Waals surface area contributed by atoms with Crippen molar-refractivity contribution in [1.82, 2.24) is 0 Å². The third-order valence-corrected chi connectivity index (χ3v) is 15.7. The maximum Gasteiger partial charge on any atom is 0.252 e. The molecular weight excluding hydrogens is 818 g/mol. The number of rotatable bonds is 5. The van der Waals surface area contributed by atoms with Crippen LogP contribution < -0.4 is 31.1 Å². The van der Waals surface area contributed by atoms with Gasteiger partial charge in [-0.2, -0.15) is 0 Å². The van der Waals surface area contributed by atoms with Crippen molar-refractivity contribution in [2.75, 3.05) is 14.7 Å². The van der Waals surface area contributed by atoms with E-state index in [1.54, 1.807) is 0 Å². The molecule has 66 heavy (non-hydrogen) atoms. The number of hydrogen-bond acceptors (Lipinski definition) is 4. The summed E-state index contributed by atoms with van der Waals surface area (Å²) in [6.45, 7) is 11.8. The van der Waals surface area contributed by atoms with Crippen molar-refractivity contribution < 1.29 is 0 Å². The van der Waals surface area contributed by atoms with Crippen LogP contribution in [0.25, 0.3) is 31.3 Å². The molecule has 10 aromatic rings. The van der Waals surface area contributed by atoms with E-state index >= 15 is 0 Å². The Morgan fingerprint density at radius 1 is 0.455 bits per heavy atom. The Bertz CT molecular complexity index is 3550. The Morgan fingerprint density at radius 2 is 1.05 bits per heavy atom. The Labute approximate surface area is 391 Å². The third kappa shape index (κ3) is 5.76. The molecule has 0 fully saturated rings. The molecule has 0 saturated heterocycles. The standard InChI is InChI=1S/C61H48BN3S/c1-60(2,3)39-27-33-51-55(35-39)65(44-29-32-48-47-22-13-15-26-57(47)66-58(48)38-44)54-25-16-24-53-59(54)62(51)52-34-30-43(63(40-17-8-6-9-18-40)41-19-10-7-11-20-41)37-56(52)64(53)42-28-31-46-45-21-12-14-23-49(45)61(4,5)50(46)36-42/h6-38H,1-5H3. The second kappa shape index (κ2) is 14.3. The van der Waals surface area contributed by atoms with Crippen molar-refractivity contribution in [3.8, 4) is 11.1 Å². The first kappa shape index (κ1) is 39.1. The molecule has 13 rings (SSSR count). The molecule has 9 aromatic carbocycles. The molecule has 2 aliphatic heterocycles. The minimum atomic E-state index is -0.149. The largest absolute Gasteiger partial charge is 0.311 e. The van der Waals surface area contributed by atoms with Crippen LogP contribution in [0.1, 0.15) is 51.3 Å². The van der Waals surface area contributed by atoms with Gasteiger partial charge in [-0.15, -0.1) is 11.3 Å². The lowest BCUT2D eigenvalue weighted by atomic mass is 9.33. The summed E-state index contributed by atoms with van der Waals surface area (Å²) in [6, 6.07) is 75.2. The molecule has 0 spiro atoms. The van der Waals surface area contributed by atoms with Crippen LogP contribution in [0.15, 0.2) is 200 Å². The first-order chi connectivity index (χ1) is 32.1. The van der Waals surface area contributed by atoms with Crippen molar-refractivity contribution in [1.29, 1.82) is 0 Å². The molecule has 3 nitrogen and oxygen atoms in total. The van der Waals surface area contributed by atoms with Gasteiger partial charge in [0, 0.05) is 76.8 Å². The van der Waals surface area contributed by atoms with Crippen molar-refractivity contribution in [2.45, 2.75) is 45.4 Å². The first-order valence-corrected chi connectivity index (χ1v) is 24.0. The monoisotopic (exact) mass is 865 g/mol. The fourth-order valence-electron chi connectivity index (χ4n) is 11.4. The molecule has 3 heterocycles. The Morgan fingerprint density at radius 3 is 1.77 bits per heavy atom. The van der Waals surface area contributed by atoms with E-state index in [1.807, 2.05) is 11.3 Å². The van der Waals surface area contributed by atoms with Gasteiger partial charge in [-0.1, -0.05) is 150 Å². The number of nitrogens with zero attached hydrogens (tertiary/aromatic N) is 3. The molecule has 5 heteroatoms. The van der Waals surface area contributed by atoms with Gasteiger partial charge >= 0.3 is 0 Å². The maximum atomic E-state index is 2.57. The Hall–Kier alpha value is -7.34. The molecular formula is C61H48BN3S. The number of fused-ring (bicyclic) bond motifs is 10. The highest BCUT2D eigenvalue weighted by Gasteiger charge is 2.44. The number of anilines is 9. The van der Waals surface area contributed by atoms with Gasteiger partial charge in [-0.3, -0.25) is 0 Å². The van der Waals surface area contributed by atoms with Gasteiger partial charge in [-0.25, -0.2) is 0 Å². The summed E-state index contributed by atoms with van der Waals surface area (Å²) in [5, 5.41) is 2.63. The van der Waals surface area contributed by atoms with Gasteiger partial charge in [0.05, 0.1) is 0 Å². The van der Waals surface area contributed by atoms with Crippen LogP contribution in [0.2, 0.25) is 0 Å². The summed E-state index contributed by atoms with van der Waals surface area (Å²) >= 11 is 1.88. The van der Waals surface area contributed by atoms with Crippen LogP contribution in [0.5, 0.6) is 0 Å². The molecule has 0 saturated carbocycles. The zero-order valence-electron chi connectivity index (χ0n) is 37.9. The lowest BCUT2D eigenvalue weighted by Gasteiger charge is -2.45. The number of hydrogen-bond donors (Lipinski definition) is 0. The SMILES string of the molecule is CC(C)(C)c1ccc2c(c1)N(c1ccc3c(c1)sc1ccccc13)c1cccc3c1B2c1ccc(N(c2ccccc2)c2ccccc2)cc1N3c1ccc2c(c1)C(C)(C)c1ccccc1-2. The first-order valence-electron chi connectivity index (χ1n) is 23.2. The van der Waals surface area contributed by atoms with Gasteiger partial charge < -0.3 is 14.7 Å². The van der Waals surface area contributed by atoms with Gasteiger partial charge in [0.2, 0.25) is 0 Å². The summed E-state index contributed by atoms with van der Waals surface area (Å²) in [4.78, 5) is 7.53. The summed E-state index contributed by atoms with van der Waals surface area (Å²) in [5.41, 5.74) is 21.1. The average Bonchev–Trinajstić information content (AvgIpc) is 3.82. The molecule has 0 atom stereocenters. The molecule has 1 aromatic heterocycles. The number of thiophene rings is 1. The van der Waals surface area contributed by atoms with Gasteiger partial charge in [0.15, 0.2) is 0 Å². The lowest BCUT2D eigenvalue weighted by Crippen LogP contribution is -2.61. The number of para-hydroxylation sites is 2. The maximum absolute atomic E-state index is 2.57. The lowest BCUT2D eigenvalue weighted by molar-refractivity contribution is 0.590. The van der Waals surface area contributed by atoms with Gasteiger partial charge in [-0.05, 0) is 135 Å². The van der Waals surface area contributed by atoms with E-state index in [4.69, 9.17) is 0 Å². The van der Waals surface area contributed by atoms with Crippen molar-refractivity contribution in [3.63, 3.8) is 0 Å². The van der Waals surface area contributed by atoms with E-state index in [1.165, 1.54) is 92.8 Å². The molecule has 0 radical (unpaired) electrons. The molecule has 3 aliphatic rings. The van der Waals surface area contributed by atoms with E-state index in [2.05, 4.69) is 250 Å². The number of benzene rings is 9. The van der Waals surface area contributed by atoms with Crippen molar-refractivity contribution >= 4 is 106 Å². The highest BCUT2D eigenvalue weighted by molar-refractivity contribution is 7.25. The van der Waals surface area contributed by atoms with Crippen LogP contribution in [0.3, 0.4) is 0 Å². The van der Waals surface area contributed by atoms with Crippen molar-refractivity contribution in [2.24, 2.45) is 0 Å². The minimum Gasteiger partial charge on any atom is -0.311 e. The van der Waals surface area contributed by atoms with Gasteiger partial charge in [0.25, 0.3) is 6.71 Å². The van der Waals surface area contributed by atoms with E-state index in [9.17, 15) is 0 Å². The van der Waals surface area contributed by atoms with Crippen LogP contribution in [0.4, 0.5) is 51.2 Å². The summed E-state index contributed by atoms with van der Waals surface area (Å²) in [7, 11) is 0. The third-order valence-electron chi connectivity index (χ3n) is 14.6. The van der Waals surface area contributed by atoms with E-state index in [-0.39, 0.29) is 17.5 Å². The summed E-state index contributed by atoms with van der Waals surface area (Å²) in [6.07, 6.45) is 0. The summed E-state index contributed by atoms with van der Waals surface area (Å²) < 4.78 is 2.62. The van der Waals surface area contributed by atoms with Crippen LogP contribution >= 0.6 is 11.3 Å². The molecule has 1 aliphatic carbocycles. The average molecular weight is 866 g/mol. The zero-order valence-corrected chi connectivity index (χ0v) is 38.7. The highest BCUT2D eigenvalue weighted by Crippen LogP contribution is 2.52.